The van der Waals surface area contributed by atoms with Crippen molar-refractivity contribution in [3.63, 3.8) is 0 Å². The number of carbonyl (C=O) groups excluding carboxylic acids is 1. The van der Waals surface area contributed by atoms with Crippen LogP contribution in [0.25, 0.3) is 0 Å². The van der Waals surface area contributed by atoms with Crippen LogP contribution in [-0.2, 0) is 0 Å². The summed E-state index contributed by atoms with van der Waals surface area (Å²) in [5, 5.41) is 9.07. The maximum atomic E-state index is 12.7. The lowest BCUT2D eigenvalue weighted by molar-refractivity contribution is 0.0696. The van der Waals surface area contributed by atoms with Crippen LogP contribution < -0.4 is 0 Å². The summed E-state index contributed by atoms with van der Waals surface area (Å²) in [5.74, 6) is -1.07. The fourth-order valence-electron chi connectivity index (χ4n) is 2.66. The van der Waals surface area contributed by atoms with E-state index in [4.69, 9.17) is 5.11 Å². The highest BCUT2D eigenvalue weighted by Gasteiger charge is 2.21. The Balaban J connectivity index is 2.19. The molecule has 5 heteroatoms. The van der Waals surface area contributed by atoms with E-state index in [-0.39, 0.29) is 23.1 Å². The van der Waals surface area contributed by atoms with Gasteiger partial charge in [0, 0.05) is 25.2 Å². The summed E-state index contributed by atoms with van der Waals surface area (Å²) in [6.07, 6.45) is 2.27. The van der Waals surface area contributed by atoms with Gasteiger partial charge in [-0.05, 0) is 31.0 Å². The van der Waals surface area contributed by atoms with Crippen LogP contribution in [0.3, 0.4) is 0 Å². The standard InChI is InChI=1S/C19H22N2O3/c1-3-14(15-8-6-5-7-9-15)13-21(4-2)18(22)17-12-16(19(23)24)10-11-20-17/h5-12,14H,3-4,13H2,1-2H3,(H,23,24). The van der Waals surface area contributed by atoms with Crippen molar-refractivity contribution >= 4 is 11.9 Å². The van der Waals surface area contributed by atoms with Gasteiger partial charge in [-0.25, -0.2) is 4.79 Å². The molecule has 1 amide bonds. The Labute approximate surface area is 142 Å². The highest BCUT2D eigenvalue weighted by Crippen LogP contribution is 2.21. The summed E-state index contributed by atoms with van der Waals surface area (Å²) in [4.78, 5) is 29.5. The molecule has 0 aliphatic heterocycles. The Bertz CT molecular complexity index is 701. The third-order valence-electron chi connectivity index (χ3n) is 4.10. The number of carbonyl (C=O) groups is 2. The number of likely N-dealkylation sites (N-methyl/N-ethyl adjacent to an activating group) is 1. The summed E-state index contributed by atoms with van der Waals surface area (Å²) in [5.41, 5.74) is 1.43. The van der Waals surface area contributed by atoms with Gasteiger partial charge in [-0.1, -0.05) is 37.3 Å². The molecule has 2 rings (SSSR count). The van der Waals surface area contributed by atoms with E-state index in [0.29, 0.717) is 13.1 Å². The largest absolute Gasteiger partial charge is 0.478 e. The fourth-order valence-corrected chi connectivity index (χ4v) is 2.66. The van der Waals surface area contributed by atoms with E-state index in [1.54, 1.807) is 4.90 Å². The number of rotatable bonds is 7. The van der Waals surface area contributed by atoms with Gasteiger partial charge >= 0.3 is 5.97 Å². The number of aromatic nitrogens is 1. The van der Waals surface area contributed by atoms with E-state index in [2.05, 4.69) is 24.0 Å². The Morgan fingerprint density at radius 1 is 1.17 bits per heavy atom. The van der Waals surface area contributed by atoms with Crippen LogP contribution in [0.2, 0.25) is 0 Å². The van der Waals surface area contributed by atoms with E-state index in [1.807, 2.05) is 25.1 Å². The Morgan fingerprint density at radius 2 is 1.88 bits per heavy atom. The molecule has 0 bridgehead atoms. The zero-order chi connectivity index (χ0) is 17.5. The molecule has 126 valence electrons. The molecule has 0 saturated heterocycles. The lowest BCUT2D eigenvalue weighted by atomic mass is 9.96. The van der Waals surface area contributed by atoms with E-state index in [9.17, 15) is 9.59 Å². The fraction of sp³-hybridized carbons (Fsp3) is 0.316. The van der Waals surface area contributed by atoms with Crippen LogP contribution in [0.1, 0.15) is 52.6 Å². The zero-order valence-corrected chi connectivity index (χ0v) is 14.0. The van der Waals surface area contributed by atoms with Crippen molar-refractivity contribution in [2.24, 2.45) is 0 Å². The van der Waals surface area contributed by atoms with E-state index in [0.717, 1.165) is 6.42 Å². The van der Waals surface area contributed by atoms with Crippen LogP contribution in [0.4, 0.5) is 0 Å². The summed E-state index contributed by atoms with van der Waals surface area (Å²) in [7, 11) is 0. The number of benzene rings is 1. The molecule has 5 nitrogen and oxygen atoms in total. The SMILES string of the molecule is CCC(CN(CC)C(=O)c1cc(C(=O)O)ccn1)c1ccccc1. The lowest BCUT2D eigenvalue weighted by Gasteiger charge is -2.26. The summed E-state index contributed by atoms with van der Waals surface area (Å²) < 4.78 is 0. The molecule has 0 aliphatic carbocycles. The number of carboxylic acid groups (broad SMARTS) is 1. The minimum Gasteiger partial charge on any atom is -0.478 e. The molecule has 0 aliphatic rings. The second-order valence-electron chi connectivity index (χ2n) is 5.59. The topological polar surface area (TPSA) is 70.5 Å². The summed E-state index contributed by atoms with van der Waals surface area (Å²) in [6.45, 7) is 5.13. The van der Waals surface area contributed by atoms with Crippen LogP contribution in [-0.4, -0.2) is 40.0 Å². The molecule has 1 aromatic carbocycles. The van der Waals surface area contributed by atoms with Gasteiger partial charge in [0.1, 0.15) is 5.69 Å². The first-order valence-electron chi connectivity index (χ1n) is 8.10. The minimum absolute atomic E-state index is 0.0690. The van der Waals surface area contributed by atoms with Crippen molar-refractivity contribution in [2.45, 2.75) is 26.2 Å². The van der Waals surface area contributed by atoms with Gasteiger partial charge in [0.15, 0.2) is 0 Å². The van der Waals surface area contributed by atoms with E-state index >= 15 is 0 Å². The maximum Gasteiger partial charge on any atom is 0.335 e. The monoisotopic (exact) mass is 326 g/mol. The van der Waals surface area contributed by atoms with Crippen molar-refractivity contribution in [3.8, 4) is 0 Å². The first kappa shape index (κ1) is 17.7. The number of hydrogen-bond donors (Lipinski definition) is 1. The van der Waals surface area contributed by atoms with Crippen LogP contribution in [0.15, 0.2) is 48.7 Å². The third-order valence-corrected chi connectivity index (χ3v) is 4.10. The van der Waals surface area contributed by atoms with Crippen molar-refractivity contribution in [2.75, 3.05) is 13.1 Å². The van der Waals surface area contributed by atoms with Gasteiger partial charge < -0.3 is 10.0 Å². The Hall–Kier alpha value is -2.69. The number of aromatic carboxylic acids is 1. The molecule has 24 heavy (non-hydrogen) atoms. The number of carboxylic acids is 1. The van der Waals surface area contributed by atoms with E-state index < -0.39 is 5.97 Å². The van der Waals surface area contributed by atoms with Crippen molar-refractivity contribution < 1.29 is 14.7 Å². The highest BCUT2D eigenvalue weighted by molar-refractivity contribution is 5.95. The molecule has 0 fully saturated rings. The van der Waals surface area contributed by atoms with Crippen molar-refractivity contribution in [3.05, 3.63) is 65.5 Å². The lowest BCUT2D eigenvalue weighted by Crippen LogP contribution is -2.35. The second-order valence-corrected chi connectivity index (χ2v) is 5.59. The molecule has 1 N–H and O–H groups in total. The van der Waals surface area contributed by atoms with E-state index in [1.165, 1.54) is 23.9 Å². The molecular formula is C19H22N2O3. The maximum absolute atomic E-state index is 12.7. The van der Waals surface area contributed by atoms with Crippen LogP contribution in [0, 0.1) is 0 Å². The molecule has 0 saturated carbocycles. The van der Waals surface area contributed by atoms with Gasteiger partial charge in [0.05, 0.1) is 5.56 Å². The molecule has 0 radical (unpaired) electrons. The number of hydrogen-bond acceptors (Lipinski definition) is 3. The zero-order valence-electron chi connectivity index (χ0n) is 14.0. The minimum atomic E-state index is -1.06. The quantitative estimate of drug-likeness (QED) is 0.846. The van der Waals surface area contributed by atoms with Crippen molar-refractivity contribution in [1.82, 2.24) is 9.88 Å². The molecule has 1 heterocycles. The van der Waals surface area contributed by atoms with Crippen molar-refractivity contribution in [1.29, 1.82) is 0 Å². The molecule has 1 atom stereocenters. The predicted molar refractivity (Wildman–Crippen MR) is 92.2 cm³/mol. The number of nitrogens with zero attached hydrogens (tertiary/aromatic N) is 2. The Morgan fingerprint density at radius 3 is 2.46 bits per heavy atom. The smallest absolute Gasteiger partial charge is 0.335 e. The average molecular weight is 326 g/mol. The number of pyridine rings is 1. The predicted octanol–water partition coefficient (Wildman–Crippen LogP) is 3.44. The van der Waals surface area contributed by atoms with Gasteiger partial charge in [-0.3, -0.25) is 9.78 Å². The number of amides is 1. The Kier molecular flexibility index (Phi) is 6.07. The highest BCUT2D eigenvalue weighted by atomic mass is 16.4. The van der Waals surface area contributed by atoms with Crippen LogP contribution in [0.5, 0.6) is 0 Å². The molecule has 1 unspecified atom stereocenters. The summed E-state index contributed by atoms with van der Waals surface area (Å²) >= 11 is 0. The van der Waals surface area contributed by atoms with Gasteiger partial charge in [-0.2, -0.15) is 0 Å². The summed E-state index contributed by atoms with van der Waals surface area (Å²) in [6, 6.07) is 12.8. The average Bonchev–Trinajstić information content (AvgIpc) is 2.63. The molecule has 1 aromatic heterocycles. The van der Waals surface area contributed by atoms with Gasteiger partial charge in [0.25, 0.3) is 5.91 Å². The van der Waals surface area contributed by atoms with Gasteiger partial charge in [-0.15, -0.1) is 0 Å². The third kappa shape index (κ3) is 4.19. The normalized spacial score (nSPS) is 11.8. The molecule has 2 aromatic rings. The molecule has 0 spiro atoms. The van der Waals surface area contributed by atoms with Crippen LogP contribution >= 0.6 is 0 Å². The second kappa shape index (κ2) is 8.24. The van der Waals surface area contributed by atoms with Gasteiger partial charge in [0.2, 0.25) is 0 Å². The molecular weight excluding hydrogens is 304 g/mol. The first-order valence-corrected chi connectivity index (χ1v) is 8.10. The first-order chi connectivity index (χ1) is 11.6.